The molecule has 0 saturated carbocycles. The van der Waals surface area contributed by atoms with Crippen molar-refractivity contribution in [2.24, 2.45) is 0 Å². The van der Waals surface area contributed by atoms with Crippen molar-refractivity contribution in [3.8, 4) is 0 Å². The van der Waals surface area contributed by atoms with Crippen molar-refractivity contribution in [1.29, 1.82) is 0 Å². The van der Waals surface area contributed by atoms with Crippen molar-refractivity contribution in [3.05, 3.63) is 64.9 Å². The molecule has 0 spiro atoms. The summed E-state index contributed by atoms with van der Waals surface area (Å²) in [6, 6.07) is 9.42. The Kier molecular flexibility index (Phi) is 6.94. The molecule has 2 aromatic rings. The molecule has 1 aromatic heterocycles. The Morgan fingerprint density at radius 2 is 2.04 bits per heavy atom. The van der Waals surface area contributed by atoms with Gasteiger partial charge in [0.2, 0.25) is 5.91 Å². The summed E-state index contributed by atoms with van der Waals surface area (Å²) >= 11 is 5.99. The molecule has 0 aliphatic rings. The molecule has 130 valence electrons. The largest absolute Gasteiger partial charge is 0.472 e. The molecule has 0 fully saturated rings. The van der Waals surface area contributed by atoms with Gasteiger partial charge in [0.25, 0.3) is 5.91 Å². The molecule has 0 aliphatic heterocycles. The second-order valence-corrected chi connectivity index (χ2v) is 5.75. The lowest BCUT2D eigenvalue weighted by Crippen LogP contribution is -2.38. The summed E-state index contributed by atoms with van der Waals surface area (Å²) in [5.74, 6) is -0.822. The van der Waals surface area contributed by atoms with E-state index in [2.05, 4.69) is 15.6 Å². The molecular weight excluding hydrogens is 344 g/mol. The average molecular weight is 362 g/mol. The topological polar surface area (TPSA) is 112 Å². The van der Waals surface area contributed by atoms with Crippen molar-refractivity contribution < 1.29 is 19.6 Å². The summed E-state index contributed by atoms with van der Waals surface area (Å²) in [6.07, 6.45) is 2.60. The number of hydrogen-bond acceptors (Lipinski definition) is 5. The van der Waals surface area contributed by atoms with Gasteiger partial charge in [-0.1, -0.05) is 23.7 Å². The van der Waals surface area contributed by atoms with Gasteiger partial charge in [0.05, 0.1) is 24.5 Å². The lowest BCUT2D eigenvalue weighted by atomic mass is 9.92. The number of halogens is 1. The molecule has 1 atom stereocenters. The van der Waals surface area contributed by atoms with E-state index in [0.717, 1.165) is 0 Å². The molecule has 0 radical (unpaired) electrons. The van der Waals surface area contributed by atoms with E-state index in [9.17, 15) is 9.59 Å². The summed E-state index contributed by atoms with van der Waals surface area (Å²) in [5, 5.41) is 23.3. The lowest BCUT2D eigenvalue weighted by Gasteiger charge is -2.19. The van der Waals surface area contributed by atoms with Crippen LogP contribution in [0.2, 0.25) is 5.02 Å². The summed E-state index contributed by atoms with van der Waals surface area (Å²) in [6.45, 7) is 0. The smallest absolute Gasteiger partial charge is 0.426 e. The zero-order valence-corrected chi connectivity index (χ0v) is 14.0. The maximum absolute atomic E-state index is 12.4. The number of benzene rings is 1. The molecule has 1 aromatic carbocycles. The van der Waals surface area contributed by atoms with E-state index in [4.69, 9.17) is 21.6 Å². The minimum atomic E-state index is -1.64. The van der Waals surface area contributed by atoms with Crippen LogP contribution in [0.5, 0.6) is 0 Å². The van der Waals surface area contributed by atoms with Gasteiger partial charge in [-0.3, -0.25) is 14.6 Å². The summed E-state index contributed by atoms with van der Waals surface area (Å²) in [7, 11) is -1.64. The van der Waals surface area contributed by atoms with E-state index in [0.29, 0.717) is 16.1 Å². The molecule has 1 heterocycles. The van der Waals surface area contributed by atoms with E-state index in [-0.39, 0.29) is 18.8 Å². The predicted molar refractivity (Wildman–Crippen MR) is 93.7 cm³/mol. The first-order valence-electron chi connectivity index (χ1n) is 7.55. The monoisotopic (exact) mass is 361 g/mol. The number of aromatic nitrogens is 1. The Bertz CT molecular complexity index is 730. The molecular formula is C16H17BClN3O4. The number of rotatable bonds is 7. The van der Waals surface area contributed by atoms with E-state index in [1.54, 1.807) is 42.6 Å². The number of nitrogens with one attached hydrogen (secondary N) is 2. The zero-order valence-electron chi connectivity index (χ0n) is 13.2. The fourth-order valence-electron chi connectivity index (χ4n) is 2.18. The van der Waals surface area contributed by atoms with Gasteiger partial charge in [-0.05, 0) is 29.8 Å². The van der Waals surface area contributed by atoms with Crippen molar-refractivity contribution in [1.82, 2.24) is 15.6 Å². The van der Waals surface area contributed by atoms with Crippen molar-refractivity contribution in [2.75, 3.05) is 6.44 Å². The quantitative estimate of drug-likeness (QED) is 0.543. The normalized spacial score (nSPS) is 11.5. The first-order valence-corrected chi connectivity index (χ1v) is 7.92. The van der Waals surface area contributed by atoms with Crippen LogP contribution in [0.15, 0.2) is 48.8 Å². The Labute approximate surface area is 150 Å². The van der Waals surface area contributed by atoms with Crippen LogP contribution in [0.25, 0.3) is 0 Å². The van der Waals surface area contributed by atoms with Crippen LogP contribution >= 0.6 is 11.6 Å². The Balaban J connectivity index is 2.14. The Morgan fingerprint density at radius 3 is 2.68 bits per heavy atom. The minimum Gasteiger partial charge on any atom is -0.426 e. The fourth-order valence-corrected chi connectivity index (χ4v) is 2.38. The number of amides is 2. The van der Waals surface area contributed by atoms with Gasteiger partial charge in [-0.25, -0.2) is 0 Å². The minimum absolute atomic E-state index is 0.0843. The van der Waals surface area contributed by atoms with Gasteiger partial charge in [-0.2, -0.15) is 0 Å². The Hall–Kier alpha value is -2.42. The third-order valence-corrected chi connectivity index (χ3v) is 3.59. The van der Waals surface area contributed by atoms with Crippen LogP contribution in [0, 0.1) is 0 Å². The summed E-state index contributed by atoms with van der Waals surface area (Å²) in [5.41, 5.74) is 1.02. The van der Waals surface area contributed by atoms with E-state index >= 15 is 0 Å². The van der Waals surface area contributed by atoms with E-state index in [1.165, 1.54) is 6.20 Å². The molecule has 0 aliphatic carbocycles. The van der Waals surface area contributed by atoms with Crippen LogP contribution in [0.4, 0.5) is 0 Å². The van der Waals surface area contributed by atoms with Crippen LogP contribution in [-0.2, 0) is 4.79 Å². The molecule has 1 unspecified atom stereocenters. The molecule has 0 bridgehead atoms. The number of carbonyl (C=O) groups is 2. The van der Waals surface area contributed by atoms with Crippen molar-refractivity contribution in [2.45, 2.75) is 12.5 Å². The second-order valence-electron chi connectivity index (χ2n) is 5.31. The fraction of sp³-hybridized carbons (Fsp3) is 0.188. The van der Waals surface area contributed by atoms with E-state index < -0.39 is 19.1 Å². The van der Waals surface area contributed by atoms with Gasteiger partial charge >= 0.3 is 7.12 Å². The highest BCUT2D eigenvalue weighted by Crippen LogP contribution is 2.21. The maximum Gasteiger partial charge on any atom is 0.472 e. The van der Waals surface area contributed by atoms with Gasteiger partial charge in [0.1, 0.15) is 0 Å². The third-order valence-electron chi connectivity index (χ3n) is 3.35. The molecule has 4 N–H and O–H groups in total. The first kappa shape index (κ1) is 18.9. The maximum atomic E-state index is 12.4. The van der Waals surface area contributed by atoms with Crippen molar-refractivity contribution >= 4 is 30.5 Å². The second kappa shape index (κ2) is 9.17. The van der Waals surface area contributed by atoms with Gasteiger partial charge < -0.3 is 20.7 Å². The van der Waals surface area contributed by atoms with Crippen LogP contribution in [-0.4, -0.2) is 40.4 Å². The molecule has 25 heavy (non-hydrogen) atoms. The average Bonchev–Trinajstić information content (AvgIpc) is 2.60. The molecule has 2 rings (SSSR count). The lowest BCUT2D eigenvalue weighted by molar-refractivity contribution is -0.121. The van der Waals surface area contributed by atoms with Crippen molar-refractivity contribution in [3.63, 3.8) is 0 Å². The molecule has 2 amide bonds. The number of nitrogens with zero attached hydrogens (tertiary/aromatic N) is 1. The van der Waals surface area contributed by atoms with Gasteiger partial charge in [-0.15, -0.1) is 0 Å². The first-order chi connectivity index (χ1) is 12.0. The summed E-state index contributed by atoms with van der Waals surface area (Å²) in [4.78, 5) is 28.3. The van der Waals surface area contributed by atoms with E-state index in [1.807, 2.05) is 0 Å². The highest BCUT2D eigenvalue weighted by molar-refractivity contribution is 6.41. The van der Waals surface area contributed by atoms with Crippen LogP contribution < -0.4 is 10.6 Å². The van der Waals surface area contributed by atoms with Gasteiger partial charge in [0, 0.05) is 17.4 Å². The SMILES string of the molecule is O=C(CC(NC(=O)c1cccnc1)c1cccc(Cl)c1)NCB(O)O. The summed E-state index contributed by atoms with van der Waals surface area (Å²) < 4.78 is 0. The molecule has 7 nitrogen and oxygen atoms in total. The zero-order chi connectivity index (χ0) is 18.2. The van der Waals surface area contributed by atoms with Crippen LogP contribution in [0.1, 0.15) is 28.4 Å². The van der Waals surface area contributed by atoms with Gasteiger partial charge in [0.15, 0.2) is 0 Å². The standard InChI is InChI=1S/C16H17BClN3O4/c18-13-5-1-3-11(7-13)14(8-15(22)20-10-17(24)25)21-16(23)12-4-2-6-19-9-12/h1-7,9,14,24-25H,8,10H2,(H,20,22)(H,21,23). The highest BCUT2D eigenvalue weighted by atomic mass is 35.5. The number of hydrogen-bond donors (Lipinski definition) is 4. The molecule has 9 heteroatoms. The third kappa shape index (κ3) is 6.19. The predicted octanol–water partition coefficient (Wildman–Crippen LogP) is 0.724. The highest BCUT2D eigenvalue weighted by Gasteiger charge is 2.20. The number of carbonyl (C=O) groups excluding carboxylic acids is 2. The Morgan fingerprint density at radius 1 is 1.24 bits per heavy atom. The van der Waals surface area contributed by atoms with Crippen LogP contribution in [0.3, 0.4) is 0 Å². The number of pyridine rings is 1. The molecule has 0 saturated heterocycles.